The van der Waals surface area contributed by atoms with Crippen LogP contribution in [0, 0.1) is 12.8 Å². The van der Waals surface area contributed by atoms with Gasteiger partial charge in [-0.2, -0.15) is 11.8 Å². The molecule has 4 rings (SSSR count). The van der Waals surface area contributed by atoms with E-state index in [0.29, 0.717) is 0 Å². The third-order valence-electron chi connectivity index (χ3n) is 5.86. The maximum absolute atomic E-state index is 12.3. The van der Waals surface area contributed by atoms with E-state index in [1.807, 2.05) is 29.3 Å². The minimum atomic E-state index is -0.0387. The van der Waals surface area contributed by atoms with Crippen molar-refractivity contribution in [2.75, 3.05) is 18.1 Å². The van der Waals surface area contributed by atoms with Crippen LogP contribution in [-0.4, -0.2) is 22.2 Å². The highest BCUT2D eigenvalue weighted by molar-refractivity contribution is 7.97. The Morgan fingerprint density at radius 1 is 1.21 bits per heavy atom. The molecule has 2 heterocycles. The minimum absolute atomic E-state index is 0.0387. The highest BCUT2D eigenvalue weighted by Gasteiger charge is 2.17. The van der Waals surface area contributed by atoms with Gasteiger partial charge in [-0.05, 0) is 61.3 Å². The summed E-state index contributed by atoms with van der Waals surface area (Å²) in [6.45, 7) is 3.03. The monoisotopic (exact) mass is 395 g/mol. The van der Waals surface area contributed by atoms with Gasteiger partial charge in [0.1, 0.15) is 5.52 Å². The van der Waals surface area contributed by atoms with Crippen molar-refractivity contribution in [2.45, 2.75) is 44.8 Å². The summed E-state index contributed by atoms with van der Waals surface area (Å²) < 4.78 is 2.03. The number of aryl methyl sites for hydroxylation is 1. The number of benzene rings is 1. The van der Waals surface area contributed by atoms with Crippen molar-refractivity contribution in [3.63, 3.8) is 0 Å². The van der Waals surface area contributed by atoms with Crippen molar-refractivity contribution in [3.8, 4) is 11.3 Å². The molecule has 1 aliphatic rings. The Balaban J connectivity index is 1.74. The van der Waals surface area contributed by atoms with Gasteiger partial charge in [-0.25, -0.2) is 0 Å². The second-order valence-corrected chi connectivity index (χ2v) is 8.78. The average molecular weight is 396 g/mol. The number of nitrogens with one attached hydrogen (secondary N) is 2. The fraction of sp³-hybridized carbons (Fsp3) is 0.435. The molecule has 0 amide bonds. The molecule has 0 bridgehead atoms. The molecular weight excluding hydrogens is 366 g/mol. The van der Waals surface area contributed by atoms with Gasteiger partial charge in [-0.15, -0.1) is 0 Å². The smallest absolute Gasteiger partial charge is 0.272 e. The molecule has 5 heteroatoms. The standard InChI is InChI=1S/C23H29N3OS/c1-16-12-21(26-11-10-24-23(27)22(16)26)19-13-18(15-28-2)8-9-20(19)25-14-17-6-4-3-5-7-17/h8-13,17,25H,3-7,14-15H2,1-2H3,(H,24,27). The lowest BCUT2D eigenvalue weighted by molar-refractivity contribution is 0.373. The highest BCUT2D eigenvalue weighted by atomic mass is 32.2. The van der Waals surface area contributed by atoms with Crippen molar-refractivity contribution in [3.05, 3.63) is 58.1 Å². The molecule has 1 saturated carbocycles. The first-order valence-electron chi connectivity index (χ1n) is 10.2. The van der Waals surface area contributed by atoms with Crippen LogP contribution >= 0.6 is 11.8 Å². The number of thioether (sulfide) groups is 1. The molecule has 0 radical (unpaired) electrons. The van der Waals surface area contributed by atoms with Crippen LogP contribution in [0.5, 0.6) is 0 Å². The van der Waals surface area contributed by atoms with Gasteiger partial charge in [-0.1, -0.05) is 25.3 Å². The molecule has 1 aromatic carbocycles. The molecule has 2 aromatic heterocycles. The van der Waals surface area contributed by atoms with Gasteiger partial charge in [0.15, 0.2) is 0 Å². The normalized spacial score (nSPS) is 15.2. The van der Waals surface area contributed by atoms with Crippen LogP contribution in [0.2, 0.25) is 0 Å². The van der Waals surface area contributed by atoms with Gasteiger partial charge < -0.3 is 14.7 Å². The third-order valence-corrected chi connectivity index (χ3v) is 6.48. The van der Waals surface area contributed by atoms with E-state index in [0.717, 1.165) is 40.7 Å². The van der Waals surface area contributed by atoms with Gasteiger partial charge in [0.05, 0.1) is 5.69 Å². The van der Waals surface area contributed by atoms with E-state index in [1.54, 1.807) is 6.20 Å². The first-order chi connectivity index (χ1) is 13.7. The van der Waals surface area contributed by atoms with E-state index in [4.69, 9.17) is 0 Å². The van der Waals surface area contributed by atoms with Crippen LogP contribution in [0.3, 0.4) is 0 Å². The van der Waals surface area contributed by atoms with Gasteiger partial charge in [0.2, 0.25) is 0 Å². The van der Waals surface area contributed by atoms with Crippen molar-refractivity contribution in [1.29, 1.82) is 0 Å². The maximum atomic E-state index is 12.3. The van der Waals surface area contributed by atoms with Gasteiger partial charge in [0, 0.05) is 35.9 Å². The molecule has 0 unspecified atom stereocenters. The minimum Gasteiger partial charge on any atom is -0.384 e. The van der Waals surface area contributed by atoms with Crippen LogP contribution in [0.1, 0.15) is 43.2 Å². The summed E-state index contributed by atoms with van der Waals surface area (Å²) in [5.41, 5.74) is 6.42. The Morgan fingerprint density at radius 3 is 2.82 bits per heavy atom. The van der Waals surface area contributed by atoms with Crippen LogP contribution in [-0.2, 0) is 5.75 Å². The number of aromatic amines is 1. The van der Waals surface area contributed by atoms with Gasteiger partial charge in [0.25, 0.3) is 5.56 Å². The molecule has 0 saturated heterocycles. The highest BCUT2D eigenvalue weighted by Crippen LogP contribution is 2.33. The van der Waals surface area contributed by atoms with Gasteiger partial charge in [-0.3, -0.25) is 4.79 Å². The third kappa shape index (κ3) is 3.86. The Bertz CT molecular complexity index is 1010. The molecule has 0 spiro atoms. The van der Waals surface area contributed by atoms with Crippen LogP contribution < -0.4 is 10.9 Å². The SMILES string of the molecule is CSCc1ccc(NCC2CCCCC2)c(-c2cc(C)c3c(=O)[nH]ccn23)c1. The number of H-pyrrole nitrogens is 1. The van der Waals surface area contributed by atoms with E-state index in [1.165, 1.54) is 43.2 Å². The Hall–Kier alpha value is -2.14. The second-order valence-electron chi connectivity index (χ2n) is 7.92. The maximum Gasteiger partial charge on any atom is 0.272 e. The number of hydrogen-bond acceptors (Lipinski definition) is 3. The summed E-state index contributed by atoms with van der Waals surface area (Å²) in [6.07, 6.45) is 12.6. The van der Waals surface area contributed by atoms with E-state index >= 15 is 0 Å². The number of nitrogens with zero attached hydrogens (tertiary/aromatic N) is 1. The summed E-state index contributed by atoms with van der Waals surface area (Å²) in [5.74, 6) is 1.75. The second kappa shape index (κ2) is 8.48. The van der Waals surface area contributed by atoms with Crippen LogP contribution in [0.25, 0.3) is 16.8 Å². The number of anilines is 1. The lowest BCUT2D eigenvalue weighted by Crippen LogP contribution is -2.17. The van der Waals surface area contributed by atoms with Crippen LogP contribution in [0.4, 0.5) is 5.69 Å². The van der Waals surface area contributed by atoms with E-state index in [9.17, 15) is 4.79 Å². The molecule has 3 aromatic rings. The first kappa shape index (κ1) is 19.2. The molecule has 1 aliphatic carbocycles. The van der Waals surface area contributed by atoms with E-state index < -0.39 is 0 Å². The predicted octanol–water partition coefficient (Wildman–Crippen LogP) is 5.46. The quantitative estimate of drug-likeness (QED) is 0.583. The molecule has 0 atom stereocenters. The zero-order valence-corrected chi connectivity index (χ0v) is 17.6. The number of rotatable bonds is 6. The zero-order chi connectivity index (χ0) is 19.5. The van der Waals surface area contributed by atoms with Crippen LogP contribution in [0.15, 0.2) is 41.5 Å². The molecule has 0 aliphatic heterocycles. The summed E-state index contributed by atoms with van der Waals surface area (Å²) >= 11 is 1.83. The number of aromatic nitrogens is 2. The van der Waals surface area contributed by atoms with Crippen molar-refractivity contribution in [2.24, 2.45) is 5.92 Å². The molecular formula is C23H29N3OS. The van der Waals surface area contributed by atoms with Crippen molar-refractivity contribution < 1.29 is 0 Å². The molecule has 148 valence electrons. The first-order valence-corrected chi connectivity index (χ1v) is 11.6. The predicted molar refractivity (Wildman–Crippen MR) is 120 cm³/mol. The number of hydrogen-bond donors (Lipinski definition) is 2. The number of fused-ring (bicyclic) bond motifs is 1. The molecule has 2 N–H and O–H groups in total. The lowest BCUT2D eigenvalue weighted by atomic mass is 9.89. The van der Waals surface area contributed by atoms with Crippen molar-refractivity contribution >= 4 is 23.0 Å². The molecule has 28 heavy (non-hydrogen) atoms. The molecule has 4 nitrogen and oxygen atoms in total. The van der Waals surface area contributed by atoms with E-state index in [2.05, 4.69) is 40.8 Å². The Labute approximate surface area is 170 Å². The summed E-state index contributed by atoms with van der Waals surface area (Å²) in [6, 6.07) is 8.85. The fourth-order valence-corrected chi connectivity index (χ4v) is 4.93. The topological polar surface area (TPSA) is 49.3 Å². The fourth-order valence-electron chi connectivity index (χ4n) is 4.42. The summed E-state index contributed by atoms with van der Waals surface area (Å²) in [5, 5.41) is 3.73. The largest absolute Gasteiger partial charge is 0.384 e. The molecule has 1 fully saturated rings. The Kier molecular flexibility index (Phi) is 5.81. The van der Waals surface area contributed by atoms with E-state index in [-0.39, 0.29) is 5.56 Å². The average Bonchev–Trinajstić information content (AvgIpc) is 3.06. The summed E-state index contributed by atoms with van der Waals surface area (Å²) in [7, 11) is 0. The van der Waals surface area contributed by atoms with Gasteiger partial charge >= 0.3 is 0 Å². The van der Waals surface area contributed by atoms with Crippen molar-refractivity contribution in [1.82, 2.24) is 9.38 Å². The summed E-state index contributed by atoms with van der Waals surface area (Å²) in [4.78, 5) is 15.1. The lowest BCUT2D eigenvalue weighted by Gasteiger charge is -2.23. The zero-order valence-electron chi connectivity index (χ0n) is 16.8. The Morgan fingerprint density at radius 2 is 2.04 bits per heavy atom.